The lowest BCUT2D eigenvalue weighted by molar-refractivity contribution is 0.254. The molecule has 1 aromatic rings. The van der Waals surface area contributed by atoms with Crippen LogP contribution in [0.2, 0.25) is 0 Å². The summed E-state index contributed by atoms with van der Waals surface area (Å²) >= 11 is 0. The quantitative estimate of drug-likeness (QED) is 0.870. The number of nitrogens with zero attached hydrogens (tertiary/aromatic N) is 2. The lowest BCUT2D eigenvalue weighted by atomic mass is 9.77. The van der Waals surface area contributed by atoms with E-state index in [-0.39, 0.29) is 11.1 Å². The van der Waals surface area contributed by atoms with Crippen LogP contribution < -0.4 is 5.56 Å². The van der Waals surface area contributed by atoms with Gasteiger partial charge in [0.1, 0.15) is 17.5 Å². The molecule has 4 nitrogen and oxygen atoms in total. The van der Waals surface area contributed by atoms with E-state index in [0.29, 0.717) is 5.92 Å². The van der Waals surface area contributed by atoms with Crippen LogP contribution in [-0.2, 0) is 0 Å². The maximum absolute atomic E-state index is 11.6. The summed E-state index contributed by atoms with van der Waals surface area (Å²) in [5.41, 5.74) is -0.219. The van der Waals surface area contributed by atoms with Gasteiger partial charge in [-0.1, -0.05) is 13.8 Å². The molecule has 0 atom stereocenters. The first-order chi connectivity index (χ1) is 8.61. The average Bonchev–Trinajstić information content (AvgIpc) is 2.38. The highest BCUT2D eigenvalue weighted by Crippen LogP contribution is 2.36. The Morgan fingerprint density at radius 1 is 1.39 bits per heavy atom. The highest BCUT2D eigenvalue weighted by atomic mass is 16.1. The zero-order valence-electron chi connectivity index (χ0n) is 10.9. The number of nitrogens with one attached hydrogen (secondary N) is 1. The van der Waals surface area contributed by atoms with Crippen LogP contribution in [0.3, 0.4) is 0 Å². The summed E-state index contributed by atoms with van der Waals surface area (Å²) in [7, 11) is 0. The van der Waals surface area contributed by atoms with Crippen molar-refractivity contribution in [3.8, 4) is 6.07 Å². The predicted molar refractivity (Wildman–Crippen MR) is 69.1 cm³/mol. The van der Waals surface area contributed by atoms with Crippen molar-refractivity contribution in [2.24, 2.45) is 11.8 Å². The number of H-pyrrole nitrogens is 1. The molecule has 1 aromatic heterocycles. The molecule has 0 amide bonds. The van der Waals surface area contributed by atoms with E-state index in [1.807, 2.05) is 6.07 Å². The van der Waals surface area contributed by atoms with Gasteiger partial charge in [-0.2, -0.15) is 5.26 Å². The van der Waals surface area contributed by atoms with E-state index in [0.717, 1.165) is 30.5 Å². The molecular formula is C14H19N3O. The zero-order chi connectivity index (χ0) is 13.1. The van der Waals surface area contributed by atoms with Crippen LogP contribution in [0.15, 0.2) is 11.0 Å². The molecule has 0 aliphatic heterocycles. The Hall–Kier alpha value is -1.63. The number of hydrogen-bond donors (Lipinski definition) is 1. The zero-order valence-corrected chi connectivity index (χ0v) is 10.9. The topological polar surface area (TPSA) is 69.5 Å². The van der Waals surface area contributed by atoms with Gasteiger partial charge >= 0.3 is 0 Å². The van der Waals surface area contributed by atoms with Crippen molar-refractivity contribution >= 4 is 0 Å². The van der Waals surface area contributed by atoms with Crippen molar-refractivity contribution in [3.63, 3.8) is 0 Å². The Morgan fingerprint density at radius 2 is 2.06 bits per heavy atom. The van der Waals surface area contributed by atoms with Crippen molar-refractivity contribution in [1.82, 2.24) is 9.97 Å². The monoisotopic (exact) mass is 245 g/mol. The van der Waals surface area contributed by atoms with Crippen LogP contribution in [0.1, 0.15) is 56.8 Å². The lowest BCUT2D eigenvalue weighted by Gasteiger charge is -2.30. The molecule has 1 aliphatic carbocycles. The number of rotatable bonds is 2. The summed E-state index contributed by atoms with van der Waals surface area (Å²) in [4.78, 5) is 18.5. The second-order valence-corrected chi connectivity index (χ2v) is 5.48. The van der Waals surface area contributed by atoms with Crippen molar-refractivity contribution < 1.29 is 0 Å². The molecule has 0 saturated heterocycles. The Kier molecular flexibility index (Phi) is 3.81. The minimum Gasteiger partial charge on any atom is -0.309 e. The first-order valence-corrected chi connectivity index (χ1v) is 6.61. The third-order valence-electron chi connectivity index (χ3n) is 4.04. The molecule has 0 bridgehead atoms. The van der Waals surface area contributed by atoms with E-state index in [9.17, 15) is 4.79 Å². The third-order valence-corrected chi connectivity index (χ3v) is 4.04. The second-order valence-electron chi connectivity index (χ2n) is 5.48. The Balaban J connectivity index is 2.09. The molecule has 96 valence electrons. The first kappa shape index (κ1) is 12.8. The Labute approximate surface area is 107 Å². The third kappa shape index (κ3) is 2.61. The van der Waals surface area contributed by atoms with E-state index in [1.54, 1.807) is 0 Å². The molecule has 1 heterocycles. The van der Waals surface area contributed by atoms with Crippen molar-refractivity contribution in [2.45, 2.75) is 45.4 Å². The van der Waals surface area contributed by atoms with Crippen LogP contribution >= 0.6 is 0 Å². The summed E-state index contributed by atoms with van der Waals surface area (Å²) in [6.07, 6.45) is 5.95. The molecule has 4 heteroatoms. The smallest absolute Gasteiger partial charge is 0.268 e. The molecular weight excluding hydrogens is 226 g/mol. The lowest BCUT2D eigenvalue weighted by Crippen LogP contribution is -2.22. The molecule has 0 aromatic carbocycles. The highest BCUT2D eigenvalue weighted by Gasteiger charge is 2.25. The molecule has 1 N–H and O–H groups in total. The summed E-state index contributed by atoms with van der Waals surface area (Å²) in [6.45, 7) is 4.54. The molecule has 1 fully saturated rings. The van der Waals surface area contributed by atoms with Gasteiger partial charge in [-0.3, -0.25) is 4.79 Å². The first-order valence-electron chi connectivity index (χ1n) is 6.61. The maximum atomic E-state index is 11.6. The predicted octanol–water partition coefficient (Wildman–Crippen LogP) is 2.57. The number of aromatic nitrogens is 2. The van der Waals surface area contributed by atoms with Gasteiger partial charge in [-0.25, -0.2) is 4.98 Å². The molecule has 1 saturated carbocycles. The standard InChI is InChI=1S/C14H19N3O/c1-9(2)10-3-5-11(6-4-10)13-16-8-12(7-15)14(18)17-13/h8-11H,3-6H2,1-2H3,(H,16,17,18). The fourth-order valence-corrected chi connectivity index (χ4v) is 2.76. The van der Waals surface area contributed by atoms with Crippen LogP contribution in [0.4, 0.5) is 0 Å². The normalized spacial score (nSPS) is 23.9. The van der Waals surface area contributed by atoms with E-state index in [4.69, 9.17) is 5.26 Å². The van der Waals surface area contributed by atoms with Gasteiger partial charge < -0.3 is 4.98 Å². The van der Waals surface area contributed by atoms with Gasteiger partial charge in [0.2, 0.25) is 0 Å². The summed E-state index contributed by atoms with van der Waals surface area (Å²) in [5, 5.41) is 8.71. The van der Waals surface area contributed by atoms with E-state index in [1.165, 1.54) is 19.0 Å². The average molecular weight is 245 g/mol. The van der Waals surface area contributed by atoms with Crippen LogP contribution in [0, 0.1) is 23.2 Å². The Bertz CT molecular complexity index is 505. The van der Waals surface area contributed by atoms with Crippen LogP contribution in [0.5, 0.6) is 0 Å². The molecule has 2 rings (SSSR count). The van der Waals surface area contributed by atoms with Crippen molar-refractivity contribution in [2.75, 3.05) is 0 Å². The van der Waals surface area contributed by atoms with Gasteiger partial charge in [0.25, 0.3) is 5.56 Å². The molecule has 18 heavy (non-hydrogen) atoms. The molecule has 1 aliphatic rings. The minimum absolute atomic E-state index is 0.0922. The summed E-state index contributed by atoms with van der Waals surface area (Å²) in [5.74, 6) is 2.63. The highest BCUT2D eigenvalue weighted by molar-refractivity contribution is 5.22. The number of hydrogen-bond acceptors (Lipinski definition) is 3. The van der Waals surface area contributed by atoms with Gasteiger partial charge in [-0.05, 0) is 37.5 Å². The number of aromatic amines is 1. The van der Waals surface area contributed by atoms with Gasteiger partial charge in [0, 0.05) is 5.92 Å². The largest absolute Gasteiger partial charge is 0.309 e. The minimum atomic E-state index is -0.312. The van der Waals surface area contributed by atoms with Gasteiger partial charge in [0.15, 0.2) is 0 Å². The summed E-state index contributed by atoms with van der Waals surface area (Å²) in [6, 6.07) is 1.84. The van der Waals surface area contributed by atoms with Crippen molar-refractivity contribution in [3.05, 3.63) is 27.9 Å². The van der Waals surface area contributed by atoms with E-state index in [2.05, 4.69) is 23.8 Å². The summed E-state index contributed by atoms with van der Waals surface area (Å²) < 4.78 is 0. The van der Waals surface area contributed by atoms with Crippen molar-refractivity contribution in [1.29, 1.82) is 5.26 Å². The molecule has 0 unspecified atom stereocenters. The van der Waals surface area contributed by atoms with Crippen LogP contribution in [-0.4, -0.2) is 9.97 Å². The SMILES string of the molecule is CC(C)C1CCC(c2ncc(C#N)c(=O)[nH]2)CC1. The second kappa shape index (κ2) is 5.34. The number of nitriles is 1. The van der Waals surface area contributed by atoms with Gasteiger partial charge in [-0.15, -0.1) is 0 Å². The van der Waals surface area contributed by atoms with Gasteiger partial charge in [0.05, 0.1) is 6.20 Å². The van der Waals surface area contributed by atoms with Crippen LogP contribution in [0.25, 0.3) is 0 Å². The van der Waals surface area contributed by atoms with E-state index >= 15 is 0 Å². The molecule has 0 radical (unpaired) electrons. The maximum Gasteiger partial charge on any atom is 0.268 e. The Morgan fingerprint density at radius 3 is 2.56 bits per heavy atom. The van der Waals surface area contributed by atoms with E-state index < -0.39 is 0 Å². The fraction of sp³-hybridized carbons (Fsp3) is 0.643. The molecule has 0 spiro atoms. The fourth-order valence-electron chi connectivity index (χ4n) is 2.76.